The molecular formula is C18H16BrClN2O3. The van der Waals surface area contributed by atoms with Crippen LogP contribution in [0.4, 0.5) is 5.69 Å². The first-order chi connectivity index (χ1) is 12.0. The van der Waals surface area contributed by atoms with Gasteiger partial charge in [-0.3, -0.25) is 9.59 Å². The Balaban J connectivity index is 1.75. The number of hydrogen-bond donors (Lipinski definition) is 1. The summed E-state index contributed by atoms with van der Waals surface area (Å²) in [5, 5.41) is 3.31. The highest BCUT2D eigenvalue weighted by molar-refractivity contribution is 9.10. The summed E-state index contributed by atoms with van der Waals surface area (Å²) >= 11 is 9.53. The van der Waals surface area contributed by atoms with Gasteiger partial charge in [0.2, 0.25) is 5.91 Å². The van der Waals surface area contributed by atoms with Gasteiger partial charge in [-0.15, -0.1) is 0 Å². The van der Waals surface area contributed by atoms with E-state index in [4.69, 9.17) is 16.3 Å². The van der Waals surface area contributed by atoms with Crippen molar-refractivity contribution in [3.05, 3.63) is 57.5 Å². The maximum absolute atomic E-state index is 12.6. The third-order valence-electron chi connectivity index (χ3n) is 4.07. The molecule has 1 heterocycles. The van der Waals surface area contributed by atoms with Crippen LogP contribution in [-0.4, -0.2) is 31.5 Å². The van der Waals surface area contributed by atoms with Crippen LogP contribution in [-0.2, 0) is 4.79 Å². The number of nitrogens with zero attached hydrogens (tertiary/aromatic N) is 1. The van der Waals surface area contributed by atoms with E-state index in [1.165, 1.54) is 7.11 Å². The number of methoxy groups -OCH3 is 1. The highest BCUT2D eigenvalue weighted by Crippen LogP contribution is 2.29. The van der Waals surface area contributed by atoms with Gasteiger partial charge in [0.25, 0.3) is 5.91 Å². The second-order valence-corrected chi connectivity index (χ2v) is 6.86. The molecular weight excluding hydrogens is 408 g/mol. The molecule has 5 nitrogen and oxygen atoms in total. The first-order valence-corrected chi connectivity index (χ1v) is 8.88. The molecule has 3 rings (SSSR count). The maximum atomic E-state index is 12.6. The number of amides is 2. The van der Waals surface area contributed by atoms with Crippen molar-refractivity contribution < 1.29 is 14.3 Å². The van der Waals surface area contributed by atoms with Gasteiger partial charge in [0.1, 0.15) is 11.8 Å². The summed E-state index contributed by atoms with van der Waals surface area (Å²) in [5.41, 5.74) is 1.08. The second kappa shape index (κ2) is 7.45. The van der Waals surface area contributed by atoms with Gasteiger partial charge in [0.05, 0.1) is 23.4 Å². The molecule has 1 saturated heterocycles. The minimum absolute atomic E-state index is 0.166. The van der Waals surface area contributed by atoms with Crippen LogP contribution in [0, 0.1) is 0 Å². The topological polar surface area (TPSA) is 58.6 Å². The molecule has 1 atom stereocenters. The monoisotopic (exact) mass is 422 g/mol. The molecule has 0 bridgehead atoms. The van der Waals surface area contributed by atoms with Crippen molar-refractivity contribution in [2.45, 2.75) is 12.5 Å². The molecule has 0 aliphatic carbocycles. The predicted molar refractivity (Wildman–Crippen MR) is 100 cm³/mol. The summed E-state index contributed by atoms with van der Waals surface area (Å²) in [6, 6.07) is 11.7. The minimum atomic E-state index is -0.582. The zero-order valence-corrected chi connectivity index (χ0v) is 15.8. The van der Waals surface area contributed by atoms with E-state index in [-0.39, 0.29) is 11.8 Å². The maximum Gasteiger partial charge on any atom is 0.253 e. The van der Waals surface area contributed by atoms with Gasteiger partial charge in [-0.2, -0.15) is 0 Å². The quantitative estimate of drug-likeness (QED) is 0.817. The highest BCUT2D eigenvalue weighted by atomic mass is 79.9. The summed E-state index contributed by atoms with van der Waals surface area (Å²) < 4.78 is 5.79. The third-order valence-corrected chi connectivity index (χ3v) is 5.08. The van der Waals surface area contributed by atoms with E-state index in [0.717, 1.165) is 0 Å². The van der Waals surface area contributed by atoms with E-state index in [0.29, 0.717) is 39.5 Å². The van der Waals surface area contributed by atoms with Crippen LogP contribution >= 0.6 is 27.5 Å². The van der Waals surface area contributed by atoms with Crippen LogP contribution in [0.3, 0.4) is 0 Å². The molecule has 25 heavy (non-hydrogen) atoms. The molecule has 1 fully saturated rings. The Bertz CT molecular complexity index is 828. The lowest BCUT2D eigenvalue weighted by molar-refractivity contribution is -0.118. The Kier molecular flexibility index (Phi) is 5.30. The van der Waals surface area contributed by atoms with Gasteiger partial charge in [-0.1, -0.05) is 23.7 Å². The van der Waals surface area contributed by atoms with Crippen LogP contribution in [0.2, 0.25) is 5.02 Å². The molecule has 130 valence electrons. The van der Waals surface area contributed by atoms with Gasteiger partial charge in [0.15, 0.2) is 0 Å². The smallest absolute Gasteiger partial charge is 0.253 e. The molecule has 0 spiro atoms. The van der Waals surface area contributed by atoms with Crippen molar-refractivity contribution in [1.29, 1.82) is 0 Å². The van der Waals surface area contributed by atoms with Crippen molar-refractivity contribution in [2.75, 3.05) is 18.6 Å². The molecule has 7 heteroatoms. The molecule has 2 amide bonds. The number of carbonyl (C=O) groups excluding carboxylic acids is 2. The van der Waals surface area contributed by atoms with E-state index in [9.17, 15) is 9.59 Å². The molecule has 1 unspecified atom stereocenters. The Labute approximate surface area is 159 Å². The summed E-state index contributed by atoms with van der Waals surface area (Å²) in [7, 11) is 1.53. The molecule has 1 aliphatic rings. The van der Waals surface area contributed by atoms with E-state index < -0.39 is 6.04 Å². The highest BCUT2D eigenvalue weighted by Gasteiger charge is 2.34. The first kappa shape index (κ1) is 17.8. The van der Waals surface area contributed by atoms with Crippen LogP contribution < -0.4 is 15.0 Å². The van der Waals surface area contributed by atoms with Gasteiger partial charge in [0, 0.05) is 11.0 Å². The lowest BCUT2D eigenvalue weighted by atomic mass is 10.1. The average molecular weight is 424 g/mol. The Morgan fingerprint density at radius 1 is 1.32 bits per heavy atom. The van der Waals surface area contributed by atoms with Crippen molar-refractivity contribution in [2.24, 2.45) is 0 Å². The van der Waals surface area contributed by atoms with Gasteiger partial charge < -0.3 is 15.0 Å². The predicted octanol–water partition coefficient (Wildman–Crippen LogP) is 3.65. The molecule has 0 aromatic heterocycles. The summed E-state index contributed by atoms with van der Waals surface area (Å²) in [6.07, 6.45) is 0.525. The fourth-order valence-electron chi connectivity index (χ4n) is 2.77. The Morgan fingerprint density at radius 2 is 2.08 bits per heavy atom. The number of benzene rings is 2. The summed E-state index contributed by atoms with van der Waals surface area (Å²) in [4.78, 5) is 26.8. The molecule has 0 saturated carbocycles. The van der Waals surface area contributed by atoms with Crippen LogP contribution in [0.5, 0.6) is 5.75 Å². The van der Waals surface area contributed by atoms with Crippen LogP contribution in [0.15, 0.2) is 46.9 Å². The van der Waals surface area contributed by atoms with E-state index in [1.54, 1.807) is 35.2 Å². The lowest BCUT2D eigenvalue weighted by Crippen LogP contribution is -2.41. The fourth-order valence-corrected chi connectivity index (χ4v) is 3.43. The largest absolute Gasteiger partial charge is 0.497 e. The number of carbonyl (C=O) groups is 2. The molecule has 2 aromatic rings. The van der Waals surface area contributed by atoms with Gasteiger partial charge >= 0.3 is 0 Å². The van der Waals surface area contributed by atoms with E-state index in [2.05, 4.69) is 21.2 Å². The second-order valence-electron chi connectivity index (χ2n) is 5.60. The van der Waals surface area contributed by atoms with Crippen molar-refractivity contribution >= 4 is 45.0 Å². The summed E-state index contributed by atoms with van der Waals surface area (Å²) in [5.74, 6) is 0.0781. The molecule has 2 aromatic carbocycles. The van der Waals surface area contributed by atoms with Crippen molar-refractivity contribution in [1.82, 2.24) is 5.32 Å². The van der Waals surface area contributed by atoms with E-state index in [1.807, 2.05) is 12.1 Å². The minimum Gasteiger partial charge on any atom is -0.497 e. The van der Waals surface area contributed by atoms with Crippen molar-refractivity contribution in [3.8, 4) is 5.75 Å². The van der Waals surface area contributed by atoms with Crippen LogP contribution in [0.1, 0.15) is 16.8 Å². The number of anilines is 1. The zero-order valence-electron chi connectivity index (χ0n) is 13.5. The number of halogens is 2. The fraction of sp³-hybridized carbons (Fsp3) is 0.222. The molecule has 0 radical (unpaired) electrons. The van der Waals surface area contributed by atoms with Crippen LogP contribution in [0.25, 0.3) is 0 Å². The zero-order chi connectivity index (χ0) is 18.0. The van der Waals surface area contributed by atoms with Gasteiger partial charge in [-0.25, -0.2) is 0 Å². The van der Waals surface area contributed by atoms with E-state index >= 15 is 0 Å². The lowest BCUT2D eigenvalue weighted by Gasteiger charge is -2.18. The number of hydrogen-bond acceptors (Lipinski definition) is 3. The standard InChI is InChI=1S/C18H16BrClN2O3/c1-25-11-6-7-13(19)12(10-11)17(23)21-15-8-9-22(18(15)24)16-5-3-2-4-14(16)20/h2-7,10,15H,8-9H2,1H3,(H,21,23). The van der Waals surface area contributed by atoms with Gasteiger partial charge in [-0.05, 0) is 52.7 Å². The third kappa shape index (κ3) is 3.65. The SMILES string of the molecule is COc1ccc(Br)c(C(=O)NC2CCN(c3ccccc3Cl)C2=O)c1. The Hall–Kier alpha value is -2.05. The molecule has 1 N–H and O–H groups in total. The Morgan fingerprint density at radius 3 is 2.80 bits per heavy atom. The first-order valence-electron chi connectivity index (χ1n) is 7.71. The number of rotatable bonds is 4. The normalized spacial score (nSPS) is 16.8. The number of para-hydroxylation sites is 1. The summed E-state index contributed by atoms with van der Waals surface area (Å²) in [6.45, 7) is 0.507. The number of nitrogens with one attached hydrogen (secondary N) is 1. The average Bonchev–Trinajstić information content (AvgIpc) is 2.96. The number of ether oxygens (including phenoxy) is 1. The van der Waals surface area contributed by atoms with Crippen molar-refractivity contribution in [3.63, 3.8) is 0 Å². The molecule has 1 aliphatic heterocycles.